The number of fused-ring (bicyclic) bond motifs is 1. The highest BCUT2D eigenvalue weighted by atomic mass is 79.9. The first-order valence-corrected chi connectivity index (χ1v) is 9.95. The van der Waals surface area contributed by atoms with Gasteiger partial charge in [-0.05, 0) is 43.2 Å². The van der Waals surface area contributed by atoms with Gasteiger partial charge in [-0.3, -0.25) is 4.79 Å². The summed E-state index contributed by atoms with van der Waals surface area (Å²) in [5, 5.41) is 12.2. The Kier molecular flexibility index (Phi) is 6.63. The molecule has 0 radical (unpaired) electrons. The maximum atomic E-state index is 11.9. The summed E-state index contributed by atoms with van der Waals surface area (Å²) in [5.41, 5.74) is 3.25. The third-order valence-corrected chi connectivity index (χ3v) is 4.98. The molecule has 0 spiro atoms. The molecular formula is C21H24BrN3O2. The molecule has 0 aliphatic rings. The largest absolute Gasteiger partial charge is 0.393 e. The fraction of sp³-hybridized carbons (Fsp3) is 0.333. The molecule has 0 aliphatic carbocycles. The van der Waals surface area contributed by atoms with Gasteiger partial charge >= 0.3 is 0 Å². The number of hydrogen-bond donors (Lipinski definition) is 2. The number of imidazole rings is 1. The van der Waals surface area contributed by atoms with Crippen LogP contribution in [0.3, 0.4) is 0 Å². The van der Waals surface area contributed by atoms with Crippen molar-refractivity contribution < 1.29 is 9.90 Å². The molecule has 1 amide bonds. The molecule has 3 rings (SSSR count). The van der Waals surface area contributed by atoms with Gasteiger partial charge in [0, 0.05) is 30.4 Å². The molecular weight excluding hydrogens is 406 g/mol. The van der Waals surface area contributed by atoms with E-state index in [-0.39, 0.29) is 5.91 Å². The van der Waals surface area contributed by atoms with Crippen LogP contribution in [0, 0.1) is 0 Å². The van der Waals surface area contributed by atoms with Crippen molar-refractivity contribution in [2.45, 2.75) is 38.8 Å². The Hall–Kier alpha value is -2.18. The van der Waals surface area contributed by atoms with Crippen molar-refractivity contribution in [1.29, 1.82) is 0 Å². The Morgan fingerprint density at radius 3 is 2.70 bits per heavy atom. The summed E-state index contributed by atoms with van der Waals surface area (Å²) in [4.78, 5) is 16.6. The van der Waals surface area contributed by atoms with E-state index in [9.17, 15) is 9.90 Å². The van der Waals surface area contributed by atoms with E-state index in [1.165, 1.54) is 5.56 Å². The number of rotatable bonds is 8. The second-order valence-electron chi connectivity index (χ2n) is 6.72. The van der Waals surface area contributed by atoms with Crippen LogP contribution in [-0.4, -0.2) is 33.2 Å². The number of benzene rings is 2. The topological polar surface area (TPSA) is 67.2 Å². The Labute approximate surface area is 167 Å². The number of aromatic nitrogens is 2. The summed E-state index contributed by atoms with van der Waals surface area (Å²) in [5.74, 6) is 0.918. The normalized spacial score (nSPS) is 12.3. The fourth-order valence-corrected chi connectivity index (χ4v) is 3.27. The average molecular weight is 430 g/mol. The zero-order chi connectivity index (χ0) is 19.2. The summed E-state index contributed by atoms with van der Waals surface area (Å²) in [6, 6.07) is 16.4. The number of hydrogen-bond acceptors (Lipinski definition) is 3. The monoisotopic (exact) mass is 429 g/mol. The molecule has 2 aromatic carbocycles. The van der Waals surface area contributed by atoms with Crippen LogP contribution in [0.4, 0.5) is 0 Å². The van der Waals surface area contributed by atoms with Crippen LogP contribution in [0.25, 0.3) is 11.0 Å². The minimum atomic E-state index is -0.453. The van der Waals surface area contributed by atoms with Crippen LogP contribution in [-0.2, 0) is 17.8 Å². The molecule has 0 saturated heterocycles. The fourth-order valence-electron chi connectivity index (χ4n) is 3.01. The van der Waals surface area contributed by atoms with Crippen molar-refractivity contribution in [1.82, 2.24) is 14.9 Å². The van der Waals surface area contributed by atoms with Gasteiger partial charge in [0.1, 0.15) is 5.82 Å². The number of carbonyl (C=O) groups excluding carboxylic acids is 1. The van der Waals surface area contributed by atoms with Gasteiger partial charge in [-0.1, -0.05) is 40.2 Å². The molecule has 5 nitrogen and oxygen atoms in total. The Balaban J connectivity index is 1.72. The number of para-hydroxylation sites is 2. The highest BCUT2D eigenvalue weighted by molar-refractivity contribution is 9.10. The molecule has 1 atom stereocenters. The van der Waals surface area contributed by atoms with E-state index >= 15 is 0 Å². The molecule has 6 heteroatoms. The lowest BCUT2D eigenvalue weighted by Crippen LogP contribution is -2.27. The van der Waals surface area contributed by atoms with Crippen molar-refractivity contribution in [3.8, 4) is 0 Å². The van der Waals surface area contributed by atoms with Crippen molar-refractivity contribution in [3.05, 3.63) is 64.4 Å². The lowest BCUT2D eigenvalue weighted by atomic mass is 10.2. The lowest BCUT2D eigenvalue weighted by molar-refractivity contribution is -0.121. The second-order valence-corrected chi connectivity index (χ2v) is 7.63. The van der Waals surface area contributed by atoms with Crippen molar-refractivity contribution in [3.63, 3.8) is 0 Å². The number of carbonyl (C=O) groups is 1. The van der Waals surface area contributed by atoms with Gasteiger partial charge in [-0.15, -0.1) is 0 Å². The number of nitrogens with one attached hydrogen (secondary N) is 1. The molecule has 1 heterocycles. The average Bonchev–Trinajstić information content (AvgIpc) is 2.99. The second kappa shape index (κ2) is 9.15. The van der Waals surface area contributed by atoms with E-state index in [0.29, 0.717) is 25.8 Å². The first kappa shape index (κ1) is 19.6. The Morgan fingerprint density at radius 1 is 1.22 bits per heavy atom. The predicted molar refractivity (Wildman–Crippen MR) is 111 cm³/mol. The SMILES string of the molecule is C[C@@H](O)CCC(=O)NCCc1nc2ccccc2n1Cc1ccc(Br)cc1. The van der Waals surface area contributed by atoms with Crippen LogP contribution in [0.15, 0.2) is 53.0 Å². The zero-order valence-electron chi connectivity index (χ0n) is 15.4. The van der Waals surface area contributed by atoms with Gasteiger partial charge in [0.2, 0.25) is 5.91 Å². The van der Waals surface area contributed by atoms with Gasteiger partial charge < -0.3 is 15.0 Å². The molecule has 1 aromatic heterocycles. The van der Waals surface area contributed by atoms with Gasteiger partial charge in [0.15, 0.2) is 0 Å². The minimum Gasteiger partial charge on any atom is -0.393 e. The van der Waals surface area contributed by atoms with Gasteiger partial charge in [0.05, 0.1) is 17.1 Å². The van der Waals surface area contributed by atoms with E-state index in [1.807, 2.05) is 30.3 Å². The van der Waals surface area contributed by atoms with E-state index in [4.69, 9.17) is 4.98 Å². The smallest absolute Gasteiger partial charge is 0.220 e. The van der Waals surface area contributed by atoms with Crippen molar-refractivity contribution in [2.24, 2.45) is 0 Å². The summed E-state index contributed by atoms with van der Waals surface area (Å²) >= 11 is 3.47. The molecule has 0 aliphatic heterocycles. The molecule has 142 valence electrons. The van der Waals surface area contributed by atoms with Gasteiger partial charge in [-0.25, -0.2) is 4.98 Å². The highest BCUT2D eigenvalue weighted by Crippen LogP contribution is 2.19. The quantitative estimate of drug-likeness (QED) is 0.573. The van der Waals surface area contributed by atoms with Crippen LogP contribution in [0.1, 0.15) is 31.2 Å². The van der Waals surface area contributed by atoms with E-state index < -0.39 is 6.10 Å². The zero-order valence-corrected chi connectivity index (χ0v) is 16.9. The lowest BCUT2D eigenvalue weighted by Gasteiger charge is -2.11. The predicted octanol–water partition coefficient (Wildman–Crippen LogP) is 3.67. The third-order valence-electron chi connectivity index (χ3n) is 4.45. The number of amides is 1. The minimum absolute atomic E-state index is 0.0357. The summed E-state index contributed by atoms with van der Waals surface area (Å²) in [6.45, 7) is 2.96. The van der Waals surface area contributed by atoms with E-state index in [2.05, 4.69) is 44.0 Å². The summed E-state index contributed by atoms with van der Waals surface area (Å²) < 4.78 is 3.27. The Bertz CT molecular complexity index is 903. The Morgan fingerprint density at radius 2 is 1.96 bits per heavy atom. The highest BCUT2D eigenvalue weighted by Gasteiger charge is 2.11. The number of halogens is 1. The van der Waals surface area contributed by atoms with Gasteiger partial charge in [0.25, 0.3) is 0 Å². The standard InChI is InChI=1S/C21H24BrN3O2/c1-15(26)6-11-21(27)23-13-12-20-24-18-4-2-3-5-19(18)25(20)14-16-7-9-17(22)10-8-16/h2-5,7-10,15,26H,6,11-14H2,1H3,(H,23,27)/t15-/m1/s1. The maximum absolute atomic E-state index is 11.9. The first-order valence-electron chi connectivity index (χ1n) is 9.16. The maximum Gasteiger partial charge on any atom is 0.220 e. The summed E-state index contributed by atoms with van der Waals surface area (Å²) in [7, 11) is 0. The van der Waals surface area contributed by atoms with E-state index in [1.54, 1.807) is 6.92 Å². The van der Waals surface area contributed by atoms with Crippen LogP contribution < -0.4 is 5.32 Å². The first-order chi connectivity index (χ1) is 13.0. The molecule has 0 saturated carbocycles. The molecule has 27 heavy (non-hydrogen) atoms. The molecule has 3 aromatic rings. The van der Waals surface area contributed by atoms with Crippen LogP contribution >= 0.6 is 15.9 Å². The van der Waals surface area contributed by atoms with Gasteiger partial charge in [-0.2, -0.15) is 0 Å². The third kappa shape index (κ3) is 5.40. The van der Waals surface area contributed by atoms with Crippen molar-refractivity contribution in [2.75, 3.05) is 6.54 Å². The van der Waals surface area contributed by atoms with Crippen LogP contribution in [0.2, 0.25) is 0 Å². The summed E-state index contributed by atoms with van der Waals surface area (Å²) in [6.07, 6.45) is 1.03. The number of aliphatic hydroxyl groups is 1. The molecule has 2 N–H and O–H groups in total. The number of nitrogens with zero attached hydrogens (tertiary/aromatic N) is 2. The number of aliphatic hydroxyl groups excluding tert-OH is 1. The molecule has 0 fully saturated rings. The molecule has 0 unspecified atom stereocenters. The van der Waals surface area contributed by atoms with E-state index in [0.717, 1.165) is 27.9 Å². The van der Waals surface area contributed by atoms with Crippen molar-refractivity contribution >= 4 is 32.9 Å². The van der Waals surface area contributed by atoms with Crippen LogP contribution in [0.5, 0.6) is 0 Å². The molecule has 0 bridgehead atoms.